The Hall–Kier alpha value is -1.26. The molecule has 2 aliphatic rings. The summed E-state index contributed by atoms with van der Waals surface area (Å²) in [6, 6.07) is -0.0733. The molecule has 0 unspecified atom stereocenters. The van der Waals surface area contributed by atoms with E-state index in [1.165, 1.54) is 0 Å². The van der Waals surface area contributed by atoms with E-state index >= 15 is 0 Å². The van der Waals surface area contributed by atoms with Gasteiger partial charge in [0, 0.05) is 13.1 Å². The lowest BCUT2D eigenvalue weighted by molar-refractivity contribution is -0.138. The summed E-state index contributed by atoms with van der Waals surface area (Å²) < 4.78 is 0. The molecule has 120 valence electrons. The Morgan fingerprint density at radius 2 is 1.71 bits per heavy atom. The number of carbonyl (C=O) groups excluding carboxylic acids is 1. The number of rotatable bonds is 3. The maximum atomic E-state index is 12.5. The fourth-order valence-electron chi connectivity index (χ4n) is 3.62. The zero-order chi connectivity index (χ0) is 15.5. The van der Waals surface area contributed by atoms with Crippen LogP contribution in [0.3, 0.4) is 0 Å². The van der Waals surface area contributed by atoms with E-state index in [9.17, 15) is 9.59 Å². The second-order valence-electron chi connectivity index (χ2n) is 7.49. The van der Waals surface area contributed by atoms with Gasteiger partial charge >= 0.3 is 12.0 Å². The van der Waals surface area contributed by atoms with E-state index in [1.54, 1.807) is 0 Å². The first-order valence-electron chi connectivity index (χ1n) is 8.11. The van der Waals surface area contributed by atoms with Gasteiger partial charge in [0.1, 0.15) is 0 Å². The minimum Gasteiger partial charge on any atom is -0.481 e. The van der Waals surface area contributed by atoms with Crippen LogP contribution in [0.5, 0.6) is 0 Å². The molecule has 2 N–H and O–H groups in total. The number of carboxylic acids is 1. The zero-order valence-corrected chi connectivity index (χ0v) is 13.3. The smallest absolute Gasteiger partial charge is 0.317 e. The highest BCUT2D eigenvalue weighted by atomic mass is 16.4. The molecule has 2 amide bonds. The second-order valence-corrected chi connectivity index (χ2v) is 7.49. The van der Waals surface area contributed by atoms with Gasteiger partial charge in [0.2, 0.25) is 0 Å². The van der Waals surface area contributed by atoms with E-state index in [-0.39, 0.29) is 12.5 Å². The Morgan fingerprint density at radius 3 is 2.33 bits per heavy atom. The van der Waals surface area contributed by atoms with E-state index in [4.69, 9.17) is 5.11 Å². The predicted octanol–water partition coefficient (Wildman–Crippen LogP) is 3.00. The van der Waals surface area contributed by atoms with Crippen LogP contribution in [0.15, 0.2) is 0 Å². The summed E-state index contributed by atoms with van der Waals surface area (Å²) in [4.78, 5) is 25.5. The van der Waals surface area contributed by atoms with Crippen molar-refractivity contribution < 1.29 is 14.7 Å². The van der Waals surface area contributed by atoms with Crippen molar-refractivity contribution in [2.24, 2.45) is 5.41 Å². The summed E-state index contributed by atoms with van der Waals surface area (Å²) in [5.74, 6) is -0.825. The third-order valence-electron chi connectivity index (χ3n) is 5.05. The Labute approximate surface area is 127 Å². The third kappa shape index (κ3) is 4.35. The molecule has 0 aromatic carbocycles. The number of nitrogens with one attached hydrogen (secondary N) is 1. The van der Waals surface area contributed by atoms with Crippen molar-refractivity contribution in [3.63, 3.8) is 0 Å². The average molecular weight is 296 g/mol. The van der Waals surface area contributed by atoms with Crippen LogP contribution in [0, 0.1) is 5.41 Å². The van der Waals surface area contributed by atoms with Gasteiger partial charge in [-0.1, -0.05) is 26.7 Å². The number of urea groups is 1. The highest BCUT2D eigenvalue weighted by Gasteiger charge is 2.38. The van der Waals surface area contributed by atoms with Crippen LogP contribution in [-0.4, -0.2) is 40.6 Å². The number of carboxylic acid groups (broad SMARTS) is 1. The second kappa shape index (κ2) is 6.24. The molecular formula is C16H28N2O3. The van der Waals surface area contributed by atoms with Crippen LogP contribution in [0.4, 0.5) is 4.79 Å². The Morgan fingerprint density at radius 1 is 1.05 bits per heavy atom. The van der Waals surface area contributed by atoms with Crippen molar-refractivity contribution in [2.75, 3.05) is 13.1 Å². The summed E-state index contributed by atoms with van der Waals surface area (Å²) >= 11 is 0. The number of carbonyl (C=O) groups is 2. The van der Waals surface area contributed by atoms with E-state index in [0.717, 1.165) is 58.0 Å². The molecule has 0 aromatic heterocycles. The standard InChI is InChI=1S/C16H28N2O3/c1-15(2)6-5-10-18(11-9-15)14(21)17-16(12-13(19)20)7-3-4-8-16/h3-12H2,1-2H3,(H,17,21)(H,19,20). The molecule has 0 radical (unpaired) electrons. The van der Waals surface area contributed by atoms with Gasteiger partial charge in [0.05, 0.1) is 12.0 Å². The number of nitrogens with zero attached hydrogens (tertiary/aromatic N) is 1. The fraction of sp³-hybridized carbons (Fsp3) is 0.875. The summed E-state index contributed by atoms with van der Waals surface area (Å²) in [5, 5.41) is 12.2. The van der Waals surface area contributed by atoms with Crippen LogP contribution in [0.1, 0.15) is 65.2 Å². The van der Waals surface area contributed by atoms with E-state index in [0.29, 0.717) is 5.41 Å². The molecule has 2 rings (SSSR count). The van der Waals surface area contributed by atoms with Gasteiger partial charge in [-0.05, 0) is 37.5 Å². The number of hydrogen-bond donors (Lipinski definition) is 2. The first kappa shape index (κ1) is 16.1. The zero-order valence-electron chi connectivity index (χ0n) is 13.3. The predicted molar refractivity (Wildman–Crippen MR) is 81.2 cm³/mol. The van der Waals surface area contributed by atoms with Crippen molar-refractivity contribution in [2.45, 2.75) is 70.8 Å². The monoisotopic (exact) mass is 296 g/mol. The molecule has 1 aliphatic heterocycles. The summed E-state index contributed by atoms with van der Waals surface area (Å²) in [6.07, 6.45) is 6.77. The van der Waals surface area contributed by atoms with Gasteiger partial charge in [-0.15, -0.1) is 0 Å². The van der Waals surface area contributed by atoms with E-state index < -0.39 is 11.5 Å². The van der Waals surface area contributed by atoms with Gasteiger partial charge < -0.3 is 15.3 Å². The maximum absolute atomic E-state index is 12.5. The normalized spacial score (nSPS) is 24.4. The molecule has 0 spiro atoms. The molecule has 0 aromatic rings. The Bertz CT molecular complexity index is 400. The quantitative estimate of drug-likeness (QED) is 0.841. The highest BCUT2D eigenvalue weighted by molar-refractivity contribution is 5.77. The van der Waals surface area contributed by atoms with Crippen LogP contribution in [0.25, 0.3) is 0 Å². The Kier molecular flexibility index (Phi) is 4.79. The lowest BCUT2D eigenvalue weighted by Gasteiger charge is -2.32. The average Bonchev–Trinajstić information content (AvgIpc) is 2.71. The molecular weight excluding hydrogens is 268 g/mol. The molecule has 1 heterocycles. The first-order valence-corrected chi connectivity index (χ1v) is 8.11. The fourth-order valence-corrected chi connectivity index (χ4v) is 3.62. The minimum atomic E-state index is -0.825. The SMILES string of the molecule is CC1(C)CCCN(C(=O)NC2(CC(=O)O)CCCC2)CC1. The van der Waals surface area contributed by atoms with Crippen molar-refractivity contribution in [3.8, 4) is 0 Å². The van der Waals surface area contributed by atoms with Gasteiger partial charge in [0.25, 0.3) is 0 Å². The molecule has 1 aliphatic carbocycles. The van der Waals surface area contributed by atoms with Crippen molar-refractivity contribution in [1.82, 2.24) is 10.2 Å². The Balaban J connectivity index is 1.97. The van der Waals surface area contributed by atoms with Gasteiger partial charge in [0.15, 0.2) is 0 Å². The summed E-state index contributed by atoms with van der Waals surface area (Å²) in [5.41, 5.74) is -0.230. The van der Waals surface area contributed by atoms with Crippen molar-refractivity contribution in [3.05, 3.63) is 0 Å². The van der Waals surface area contributed by atoms with Gasteiger partial charge in [-0.3, -0.25) is 4.79 Å². The van der Waals surface area contributed by atoms with Crippen LogP contribution < -0.4 is 5.32 Å². The van der Waals surface area contributed by atoms with Crippen LogP contribution in [-0.2, 0) is 4.79 Å². The van der Waals surface area contributed by atoms with Gasteiger partial charge in [-0.2, -0.15) is 0 Å². The molecule has 1 saturated heterocycles. The molecule has 1 saturated carbocycles. The van der Waals surface area contributed by atoms with Crippen LogP contribution in [0.2, 0.25) is 0 Å². The third-order valence-corrected chi connectivity index (χ3v) is 5.05. The lowest BCUT2D eigenvalue weighted by atomic mass is 9.85. The number of hydrogen-bond acceptors (Lipinski definition) is 2. The number of amides is 2. The molecule has 0 bridgehead atoms. The van der Waals surface area contributed by atoms with E-state index in [2.05, 4.69) is 19.2 Å². The first-order chi connectivity index (χ1) is 9.82. The topological polar surface area (TPSA) is 69.6 Å². The minimum absolute atomic E-state index is 0.0398. The van der Waals surface area contributed by atoms with Crippen LogP contribution >= 0.6 is 0 Å². The molecule has 5 nitrogen and oxygen atoms in total. The highest BCUT2D eigenvalue weighted by Crippen LogP contribution is 2.34. The molecule has 2 fully saturated rings. The molecule has 21 heavy (non-hydrogen) atoms. The summed E-state index contributed by atoms with van der Waals surface area (Å²) in [6.45, 7) is 6.04. The number of likely N-dealkylation sites (tertiary alicyclic amines) is 1. The van der Waals surface area contributed by atoms with Crippen molar-refractivity contribution >= 4 is 12.0 Å². The lowest BCUT2D eigenvalue weighted by Crippen LogP contribution is -2.53. The van der Waals surface area contributed by atoms with E-state index in [1.807, 2.05) is 4.90 Å². The summed E-state index contributed by atoms with van der Waals surface area (Å²) in [7, 11) is 0. The maximum Gasteiger partial charge on any atom is 0.317 e. The number of aliphatic carboxylic acids is 1. The van der Waals surface area contributed by atoms with Gasteiger partial charge in [-0.25, -0.2) is 4.79 Å². The largest absolute Gasteiger partial charge is 0.481 e. The molecule has 0 atom stereocenters. The van der Waals surface area contributed by atoms with Crippen molar-refractivity contribution in [1.29, 1.82) is 0 Å². The molecule has 5 heteroatoms.